The predicted molar refractivity (Wildman–Crippen MR) is 123 cm³/mol. The van der Waals surface area contributed by atoms with Gasteiger partial charge in [0.2, 0.25) is 0 Å². The number of rotatable bonds is 6. The standard InChI is InChI=1S/C22H26N4O4S.2H2O.Pd/c1-2-30-22(27)15-8-10-16(11-9-15)25-20-18-12-13-26(21(18)24-14-19(20)23)31(28,29)17-6-4-3-5-7-17;;;/h3-7,12-16H,2,8-11,23H2,1H3,(H,24,25);2*1H2;/q;;;+2/p-2. The van der Waals surface area contributed by atoms with Crippen molar-refractivity contribution < 1.29 is 49.3 Å². The fourth-order valence-corrected chi connectivity index (χ4v) is 5.40. The van der Waals surface area contributed by atoms with E-state index in [1.165, 1.54) is 16.4 Å². The molecule has 3 aromatic rings. The van der Waals surface area contributed by atoms with Crippen molar-refractivity contribution in [3.05, 3.63) is 48.8 Å². The SMILES string of the molecule is CCOC(=O)C1CCC(Nc2c(N)cnc3c2ccn3S(=O)(=O)c2ccccc2)CC1.[OH-].[OH-].[Pd+2]. The number of fused-ring (bicyclic) bond motifs is 1. The maximum atomic E-state index is 13.1. The minimum absolute atomic E-state index is 0. The Morgan fingerprint density at radius 1 is 1.15 bits per heavy atom. The zero-order chi connectivity index (χ0) is 22.0. The largest absolute Gasteiger partial charge is 2.00 e. The molecule has 34 heavy (non-hydrogen) atoms. The molecule has 1 saturated carbocycles. The third kappa shape index (κ3) is 5.76. The number of hydrogen-bond acceptors (Lipinski definition) is 9. The fraction of sp³-hybridized carbons (Fsp3) is 0.364. The summed E-state index contributed by atoms with van der Waals surface area (Å²) >= 11 is 0. The van der Waals surface area contributed by atoms with Gasteiger partial charge in [0.25, 0.3) is 10.0 Å². The van der Waals surface area contributed by atoms with Crippen molar-refractivity contribution in [3.8, 4) is 0 Å². The van der Waals surface area contributed by atoms with Crippen LogP contribution in [0.5, 0.6) is 0 Å². The fourth-order valence-electron chi connectivity index (χ4n) is 4.08. The van der Waals surface area contributed by atoms with Crippen molar-refractivity contribution in [2.24, 2.45) is 5.92 Å². The second-order valence-electron chi connectivity index (χ2n) is 7.70. The summed E-state index contributed by atoms with van der Waals surface area (Å²) in [5.41, 5.74) is 7.64. The summed E-state index contributed by atoms with van der Waals surface area (Å²) in [6.07, 6.45) is 6.07. The molecular weight excluding hydrogens is 555 g/mol. The van der Waals surface area contributed by atoms with Gasteiger partial charge >= 0.3 is 26.4 Å². The number of benzene rings is 1. The molecule has 0 bridgehead atoms. The molecule has 1 aromatic carbocycles. The number of nitrogens with two attached hydrogens (primary N) is 1. The number of aromatic nitrogens is 2. The van der Waals surface area contributed by atoms with Gasteiger partial charge in [0.05, 0.1) is 35.0 Å². The van der Waals surface area contributed by atoms with Crippen molar-refractivity contribution in [1.82, 2.24) is 8.96 Å². The molecule has 2 aromatic heterocycles. The molecule has 0 spiro atoms. The van der Waals surface area contributed by atoms with Gasteiger partial charge in [0, 0.05) is 17.6 Å². The Bertz CT molecular complexity index is 1190. The summed E-state index contributed by atoms with van der Waals surface area (Å²) in [6, 6.07) is 10.1. The minimum Gasteiger partial charge on any atom is -0.870 e. The van der Waals surface area contributed by atoms with E-state index in [0.717, 1.165) is 25.7 Å². The first kappa shape index (κ1) is 29.5. The predicted octanol–water partition coefficient (Wildman–Crippen LogP) is 3.03. The number of esters is 1. The van der Waals surface area contributed by atoms with E-state index >= 15 is 0 Å². The number of nitrogens with zero attached hydrogens (tertiary/aromatic N) is 2. The molecule has 0 saturated heterocycles. The van der Waals surface area contributed by atoms with Crippen LogP contribution >= 0.6 is 0 Å². The van der Waals surface area contributed by atoms with Crippen LogP contribution in [0.15, 0.2) is 53.7 Å². The van der Waals surface area contributed by atoms with E-state index in [1.54, 1.807) is 36.4 Å². The van der Waals surface area contributed by atoms with Gasteiger partial charge in [0.15, 0.2) is 5.65 Å². The molecule has 1 aliphatic carbocycles. The monoisotopic (exact) mass is 582 g/mol. The molecule has 188 valence electrons. The number of carbonyl (C=O) groups excluding carboxylic acids is 1. The molecule has 10 nitrogen and oxygen atoms in total. The third-order valence-corrected chi connectivity index (χ3v) is 7.39. The van der Waals surface area contributed by atoms with E-state index in [4.69, 9.17) is 10.5 Å². The zero-order valence-corrected chi connectivity index (χ0v) is 20.9. The molecule has 1 aliphatic rings. The molecule has 0 unspecified atom stereocenters. The van der Waals surface area contributed by atoms with Crippen LogP contribution in [0.2, 0.25) is 0 Å². The molecule has 0 radical (unpaired) electrons. The van der Waals surface area contributed by atoms with E-state index in [0.29, 0.717) is 29.0 Å². The van der Waals surface area contributed by atoms with E-state index in [-0.39, 0.29) is 54.2 Å². The van der Waals surface area contributed by atoms with E-state index < -0.39 is 10.0 Å². The van der Waals surface area contributed by atoms with Crippen molar-refractivity contribution in [3.63, 3.8) is 0 Å². The zero-order valence-electron chi connectivity index (χ0n) is 18.5. The van der Waals surface area contributed by atoms with Crippen molar-refractivity contribution in [2.45, 2.75) is 43.5 Å². The summed E-state index contributed by atoms with van der Waals surface area (Å²) < 4.78 is 32.5. The number of pyridine rings is 1. The molecule has 1 fully saturated rings. The van der Waals surface area contributed by atoms with Gasteiger partial charge < -0.3 is 26.7 Å². The molecule has 0 aliphatic heterocycles. The molecular formula is C22H28N4O6PdS. The van der Waals surface area contributed by atoms with Crippen molar-refractivity contribution in [1.29, 1.82) is 0 Å². The topological polar surface area (TPSA) is 176 Å². The maximum Gasteiger partial charge on any atom is 2.00 e. The molecule has 4 rings (SSSR count). The first-order valence-corrected chi connectivity index (χ1v) is 11.8. The van der Waals surface area contributed by atoms with Crippen LogP contribution in [0.1, 0.15) is 32.6 Å². The summed E-state index contributed by atoms with van der Waals surface area (Å²) in [5.74, 6) is -0.195. The van der Waals surface area contributed by atoms with Crippen LogP contribution in [0, 0.1) is 5.92 Å². The molecule has 0 atom stereocenters. The quantitative estimate of drug-likeness (QED) is 0.326. The maximum absolute atomic E-state index is 13.1. The van der Waals surface area contributed by atoms with Gasteiger partial charge in [-0.25, -0.2) is 17.4 Å². The molecule has 5 N–H and O–H groups in total. The van der Waals surface area contributed by atoms with Crippen molar-refractivity contribution >= 4 is 38.4 Å². The van der Waals surface area contributed by atoms with Crippen LogP contribution in [-0.4, -0.2) is 46.9 Å². The number of hydrogen-bond donors (Lipinski definition) is 2. The first-order chi connectivity index (χ1) is 14.9. The van der Waals surface area contributed by atoms with Crippen molar-refractivity contribution in [2.75, 3.05) is 17.7 Å². The normalized spacial score (nSPS) is 17.6. The average molecular weight is 583 g/mol. The van der Waals surface area contributed by atoms with Crippen LogP contribution in [0.4, 0.5) is 11.4 Å². The van der Waals surface area contributed by atoms with Crippen LogP contribution in [0.3, 0.4) is 0 Å². The smallest absolute Gasteiger partial charge is 0.870 e. The molecule has 2 heterocycles. The van der Waals surface area contributed by atoms with Gasteiger partial charge in [0.1, 0.15) is 0 Å². The van der Waals surface area contributed by atoms with Crippen LogP contribution < -0.4 is 11.1 Å². The van der Waals surface area contributed by atoms with Gasteiger partial charge in [-0.2, -0.15) is 0 Å². The number of carbonyl (C=O) groups is 1. The van der Waals surface area contributed by atoms with E-state index in [9.17, 15) is 13.2 Å². The number of nitrogen functional groups attached to an aromatic ring is 1. The number of ether oxygens (including phenoxy) is 1. The van der Waals surface area contributed by atoms with Gasteiger partial charge in [-0.15, -0.1) is 0 Å². The van der Waals surface area contributed by atoms with E-state index in [2.05, 4.69) is 10.3 Å². The molecule has 12 heteroatoms. The summed E-state index contributed by atoms with van der Waals surface area (Å²) in [5, 5.41) is 4.11. The Kier molecular flexibility index (Phi) is 10.7. The van der Waals surface area contributed by atoms with Crippen LogP contribution in [0.25, 0.3) is 11.0 Å². The Morgan fingerprint density at radius 2 is 1.79 bits per heavy atom. The average Bonchev–Trinajstić information content (AvgIpc) is 3.22. The molecule has 0 amide bonds. The van der Waals surface area contributed by atoms with Gasteiger partial charge in [-0.05, 0) is 50.8 Å². The minimum atomic E-state index is -3.77. The summed E-state index contributed by atoms with van der Waals surface area (Å²) in [4.78, 5) is 16.5. The first-order valence-electron chi connectivity index (χ1n) is 10.4. The number of anilines is 2. The number of nitrogens with one attached hydrogen (secondary N) is 1. The Balaban J connectivity index is 0.00000193. The second-order valence-corrected chi connectivity index (χ2v) is 9.52. The third-order valence-electron chi connectivity index (χ3n) is 5.71. The summed E-state index contributed by atoms with van der Waals surface area (Å²) in [6.45, 7) is 2.21. The second kappa shape index (κ2) is 12.3. The van der Waals surface area contributed by atoms with Gasteiger partial charge in [-0.3, -0.25) is 4.79 Å². The Morgan fingerprint density at radius 3 is 2.41 bits per heavy atom. The summed E-state index contributed by atoms with van der Waals surface area (Å²) in [7, 11) is -3.77. The Labute approximate surface area is 212 Å². The van der Waals surface area contributed by atoms with Gasteiger partial charge in [-0.1, -0.05) is 18.2 Å². The van der Waals surface area contributed by atoms with E-state index in [1.807, 2.05) is 6.92 Å². The van der Waals surface area contributed by atoms with Crippen LogP contribution in [-0.2, 0) is 40.0 Å². The Hall–Kier alpha value is -2.49.